The molecular formula is C25H22ClIN2O4. The van der Waals surface area contributed by atoms with Crippen molar-refractivity contribution in [2.75, 3.05) is 25.1 Å². The fourth-order valence-electron chi connectivity index (χ4n) is 2.84. The molecule has 1 N–H and O–H groups in total. The van der Waals surface area contributed by atoms with Crippen molar-refractivity contribution in [2.24, 2.45) is 0 Å². The minimum absolute atomic E-state index is 0.0619. The van der Waals surface area contributed by atoms with Crippen LogP contribution in [0, 0.1) is 21.8 Å². The molecule has 0 spiro atoms. The number of carbonyl (C=O) groups excluding carboxylic acids is 1. The number of hydrogen-bond donors (Lipinski definition) is 1. The van der Waals surface area contributed by atoms with Gasteiger partial charge >= 0.3 is 5.97 Å². The molecule has 0 aliphatic carbocycles. The van der Waals surface area contributed by atoms with Gasteiger partial charge in [0.2, 0.25) is 0 Å². The van der Waals surface area contributed by atoms with Crippen LogP contribution >= 0.6 is 34.2 Å². The Balaban J connectivity index is 1.58. The van der Waals surface area contributed by atoms with E-state index in [0.717, 1.165) is 14.7 Å². The lowest BCUT2D eigenvalue weighted by Crippen LogP contribution is -2.20. The topological polar surface area (TPSA) is 80.6 Å². The van der Waals surface area contributed by atoms with E-state index in [1.807, 2.05) is 37.3 Å². The highest BCUT2D eigenvalue weighted by Gasteiger charge is 2.18. The number of nitrogens with zero attached hydrogens (tertiary/aromatic N) is 1. The van der Waals surface area contributed by atoms with E-state index in [1.165, 1.54) is 0 Å². The van der Waals surface area contributed by atoms with Gasteiger partial charge in [-0.1, -0.05) is 41.9 Å². The second-order valence-electron chi connectivity index (χ2n) is 7.03. The van der Waals surface area contributed by atoms with Crippen molar-refractivity contribution in [3.8, 4) is 17.6 Å². The minimum atomic E-state index is -0.500. The maximum atomic E-state index is 12.4. The fraction of sp³-hybridized carbons (Fsp3) is 0.200. The average Bonchev–Trinajstić information content (AvgIpc) is 2.84. The molecule has 0 saturated heterocycles. The van der Waals surface area contributed by atoms with Crippen molar-refractivity contribution in [3.63, 3.8) is 0 Å². The molecule has 6 nitrogen and oxygen atoms in total. The summed E-state index contributed by atoms with van der Waals surface area (Å²) >= 11 is 8.44. The van der Waals surface area contributed by atoms with Gasteiger partial charge in [-0.3, -0.25) is 0 Å². The van der Waals surface area contributed by atoms with E-state index in [4.69, 9.17) is 31.1 Å². The molecule has 0 unspecified atom stereocenters. The van der Waals surface area contributed by atoms with Gasteiger partial charge in [0.15, 0.2) is 11.5 Å². The Labute approximate surface area is 211 Å². The monoisotopic (exact) mass is 576 g/mol. The Morgan fingerprint density at radius 3 is 2.55 bits per heavy atom. The molecule has 0 saturated carbocycles. The van der Waals surface area contributed by atoms with Crippen molar-refractivity contribution >= 4 is 45.8 Å². The summed E-state index contributed by atoms with van der Waals surface area (Å²) < 4.78 is 17.9. The van der Waals surface area contributed by atoms with E-state index in [2.05, 4.69) is 34.0 Å². The van der Waals surface area contributed by atoms with Crippen LogP contribution in [0.2, 0.25) is 5.02 Å². The molecule has 0 atom stereocenters. The van der Waals surface area contributed by atoms with Gasteiger partial charge in [-0.15, -0.1) is 0 Å². The van der Waals surface area contributed by atoms with Crippen LogP contribution in [-0.4, -0.2) is 25.7 Å². The molecule has 0 fully saturated rings. The lowest BCUT2D eigenvalue weighted by Gasteiger charge is -2.16. The summed E-state index contributed by atoms with van der Waals surface area (Å²) in [7, 11) is 0. The number of nitriles is 1. The second-order valence-corrected chi connectivity index (χ2v) is 8.51. The first-order valence-corrected chi connectivity index (χ1v) is 11.6. The molecule has 0 amide bonds. The Kier molecular flexibility index (Phi) is 9.36. The van der Waals surface area contributed by atoms with E-state index >= 15 is 0 Å². The molecule has 0 bridgehead atoms. The molecule has 0 aliphatic rings. The number of hydrogen-bond acceptors (Lipinski definition) is 6. The standard InChI is InChI=1S/C25H22ClIN2O4/c1-17-21(26)13-22(33-23(30)15-29-20-9-7-18(14-28)8-10-20)25(24(17)27)32-12-11-31-16-19-5-3-2-4-6-19/h2-10,13,29H,11-12,15-16H2,1H3. The first-order valence-electron chi connectivity index (χ1n) is 10.2. The molecule has 170 valence electrons. The van der Waals surface area contributed by atoms with Crippen molar-refractivity contribution in [3.05, 3.63) is 85.9 Å². The van der Waals surface area contributed by atoms with Crippen LogP contribution in [0.5, 0.6) is 11.5 Å². The summed E-state index contributed by atoms with van der Waals surface area (Å²) in [5, 5.41) is 12.3. The van der Waals surface area contributed by atoms with Crippen LogP contribution < -0.4 is 14.8 Å². The van der Waals surface area contributed by atoms with E-state index in [-0.39, 0.29) is 18.9 Å². The predicted octanol–water partition coefficient (Wildman–Crippen LogP) is 5.74. The quantitative estimate of drug-likeness (QED) is 0.144. The number of nitrogens with one attached hydrogen (secondary N) is 1. The molecule has 0 aromatic heterocycles. The van der Waals surface area contributed by atoms with Crippen LogP contribution in [0.3, 0.4) is 0 Å². The van der Waals surface area contributed by atoms with Crippen LogP contribution in [0.15, 0.2) is 60.7 Å². The van der Waals surface area contributed by atoms with Crippen molar-refractivity contribution in [1.29, 1.82) is 5.26 Å². The summed E-state index contributed by atoms with van der Waals surface area (Å²) in [5.74, 6) is 0.206. The Morgan fingerprint density at radius 1 is 1.12 bits per heavy atom. The smallest absolute Gasteiger partial charge is 0.330 e. The summed E-state index contributed by atoms with van der Waals surface area (Å²) in [4.78, 5) is 12.4. The zero-order chi connectivity index (χ0) is 23.6. The number of benzene rings is 3. The van der Waals surface area contributed by atoms with Gasteiger partial charge in [-0.25, -0.2) is 4.79 Å². The van der Waals surface area contributed by atoms with E-state index < -0.39 is 5.97 Å². The molecule has 0 radical (unpaired) electrons. The van der Waals surface area contributed by atoms with Gasteiger partial charge in [0.05, 0.1) is 28.4 Å². The lowest BCUT2D eigenvalue weighted by atomic mass is 10.2. The summed E-state index contributed by atoms with van der Waals surface area (Å²) in [6, 6.07) is 20.3. The third-order valence-corrected chi connectivity index (χ3v) is 6.32. The average molecular weight is 577 g/mol. The maximum Gasteiger partial charge on any atom is 0.330 e. The number of ether oxygens (including phenoxy) is 3. The SMILES string of the molecule is Cc1c(Cl)cc(OC(=O)CNc2ccc(C#N)cc2)c(OCCOCc2ccccc2)c1I. The first-order chi connectivity index (χ1) is 16.0. The van der Waals surface area contributed by atoms with E-state index in [9.17, 15) is 4.79 Å². The van der Waals surface area contributed by atoms with Crippen LogP contribution in [-0.2, 0) is 16.1 Å². The van der Waals surface area contributed by atoms with Gasteiger partial charge < -0.3 is 19.5 Å². The van der Waals surface area contributed by atoms with Crippen LogP contribution in [0.4, 0.5) is 5.69 Å². The Morgan fingerprint density at radius 2 is 1.85 bits per heavy atom. The van der Waals surface area contributed by atoms with Crippen LogP contribution in [0.25, 0.3) is 0 Å². The zero-order valence-electron chi connectivity index (χ0n) is 17.9. The van der Waals surface area contributed by atoms with Crippen LogP contribution in [0.1, 0.15) is 16.7 Å². The summed E-state index contributed by atoms with van der Waals surface area (Å²) in [6.07, 6.45) is 0. The largest absolute Gasteiger partial charge is 0.486 e. The normalized spacial score (nSPS) is 10.4. The highest BCUT2D eigenvalue weighted by atomic mass is 127. The predicted molar refractivity (Wildman–Crippen MR) is 136 cm³/mol. The molecule has 0 aliphatic heterocycles. The van der Waals surface area contributed by atoms with Gasteiger partial charge in [-0.2, -0.15) is 5.26 Å². The highest BCUT2D eigenvalue weighted by molar-refractivity contribution is 14.1. The Hall–Kier alpha value is -2.80. The summed E-state index contributed by atoms with van der Waals surface area (Å²) in [5.41, 5.74) is 3.17. The third-order valence-electron chi connectivity index (χ3n) is 4.63. The molecule has 3 rings (SSSR count). The number of halogens is 2. The lowest BCUT2D eigenvalue weighted by molar-refractivity contribution is -0.132. The first kappa shape index (κ1) is 24.8. The molecular weight excluding hydrogens is 555 g/mol. The van der Waals surface area contributed by atoms with Gasteiger partial charge in [0, 0.05) is 16.8 Å². The van der Waals surface area contributed by atoms with Gasteiger partial charge in [0.1, 0.15) is 13.2 Å². The maximum absolute atomic E-state index is 12.4. The van der Waals surface area contributed by atoms with Gasteiger partial charge in [0.25, 0.3) is 0 Å². The van der Waals surface area contributed by atoms with E-state index in [0.29, 0.717) is 35.2 Å². The number of rotatable bonds is 10. The molecule has 3 aromatic carbocycles. The number of carbonyl (C=O) groups is 1. The Bertz CT molecular complexity index is 1130. The van der Waals surface area contributed by atoms with E-state index in [1.54, 1.807) is 30.3 Å². The second kappa shape index (κ2) is 12.4. The fourth-order valence-corrected chi connectivity index (χ4v) is 3.91. The number of anilines is 1. The molecule has 0 heterocycles. The third kappa shape index (κ3) is 7.35. The minimum Gasteiger partial charge on any atom is -0.486 e. The number of esters is 1. The molecule has 3 aromatic rings. The van der Waals surface area contributed by atoms with Gasteiger partial charge in [-0.05, 0) is 64.9 Å². The van der Waals surface area contributed by atoms with Crippen molar-refractivity contribution in [1.82, 2.24) is 0 Å². The van der Waals surface area contributed by atoms with Crippen molar-refractivity contribution < 1.29 is 19.0 Å². The molecule has 33 heavy (non-hydrogen) atoms. The summed E-state index contributed by atoms with van der Waals surface area (Å²) in [6.45, 7) is 2.97. The molecule has 8 heteroatoms. The van der Waals surface area contributed by atoms with Crippen molar-refractivity contribution in [2.45, 2.75) is 13.5 Å². The zero-order valence-corrected chi connectivity index (χ0v) is 20.9. The highest BCUT2D eigenvalue weighted by Crippen LogP contribution is 2.39.